The van der Waals surface area contributed by atoms with Crippen molar-refractivity contribution in [3.8, 4) is 5.75 Å². The highest BCUT2D eigenvalue weighted by atomic mass is 32.2. The number of carboxylic acids is 1. The first kappa shape index (κ1) is 31.3. The predicted octanol–water partition coefficient (Wildman–Crippen LogP) is 1.30. The van der Waals surface area contributed by atoms with Crippen molar-refractivity contribution in [1.29, 1.82) is 0 Å². The van der Waals surface area contributed by atoms with Crippen LogP contribution in [0.15, 0.2) is 54.6 Å². The Hall–Kier alpha value is -3.22. The van der Waals surface area contributed by atoms with Crippen molar-refractivity contribution in [2.75, 3.05) is 17.3 Å². The molecule has 10 nitrogen and oxygen atoms in total. The first-order valence-electron chi connectivity index (χ1n) is 12.9. The number of nitrogens with two attached hydrogens (primary N) is 1. The van der Waals surface area contributed by atoms with Crippen LogP contribution in [0.5, 0.6) is 5.75 Å². The number of rotatable bonds is 7. The maximum absolute atomic E-state index is 13.7. The fourth-order valence-electron chi connectivity index (χ4n) is 4.19. The van der Waals surface area contributed by atoms with Crippen LogP contribution in [-0.2, 0) is 32.0 Å². The van der Waals surface area contributed by atoms with Gasteiger partial charge in [-0.25, -0.2) is 4.79 Å². The van der Waals surface area contributed by atoms with Crippen LogP contribution in [0.25, 0.3) is 0 Å². The average Bonchev–Trinajstić information content (AvgIpc) is 2.91. The van der Waals surface area contributed by atoms with E-state index in [1.807, 2.05) is 44.2 Å². The molecule has 1 aliphatic heterocycles. The van der Waals surface area contributed by atoms with Crippen LogP contribution in [0.1, 0.15) is 25.0 Å². The lowest BCUT2D eigenvalue weighted by Gasteiger charge is -2.35. The Kier molecular flexibility index (Phi) is 11.3. The highest BCUT2D eigenvalue weighted by Crippen LogP contribution is 2.30. The van der Waals surface area contributed by atoms with Crippen LogP contribution < -0.4 is 21.7 Å². The van der Waals surface area contributed by atoms with Crippen molar-refractivity contribution in [1.82, 2.24) is 16.0 Å². The Morgan fingerprint density at radius 3 is 2.35 bits per heavy atom. The first-order chi connectivity index (χ1) is 19.0. The Morgan fingerprint density at radius 1 is 1.02 bits per heavy atom. The Bertz CT molecular complexity index is 1180. The number of benzene rings is 2. The molecule has 3 amide bonds. The summed E-state index contributed by atoms with van der Waals surface area (Å²) >= 11 is 2.86. The largest absolute Gasteiger partial charge is 0.508 e. The summed E-state index contributed by atoms with van der Waals surface area (Å²) < 4.78 is -0.785. The second-order valence-electron chi connectivity index (χ2n) is 10.1. The van der Waals surface area contributed by atoms with Gasteiger partial charge < -0.3 is 31.9 Å². The maximum Gasteiger partial charge on any atom is 0.327 e. The molecule has 0 bridgehead atoms. The van der Waals surface area contributed by atoms with Crippen molar-refractivity contribution >= 4 is 47.2 Å². The van der Waals surface area contributed by atoms with Gasteiger partial charge in [0.2, 0.25) is 17.7 Å². The van der Waals surface area contributed by atoms with E-state index in [1.54, 1.807) is 12.1 Å². The molecule has 40 heavy (non-hydrogen) atoms. The molecular formula is C28H36N4O6S2. The van der Waals surface area contributed by atoms with Gasteiger partial charge in [0, 0.05) is 28.4 Å². The molecule has 216 valence electrons. The summed E-state index contributed by atoms with van der Waals surface area (Å²) in [5.74, 6) is -1.42. The predicted molar refractivity (Wildman–Crippen MR) is 157 cm³/mol. The van der Waals surface area contributed by atoms with Gasteiger partial charge >= 0.3 is 5.97 Å². The van der Waals surface area contributed by atoms with Crippen molar-refractivity contribution < 1.29 is 29.4 Å². The van der Waals surface area contributed by atoms with E-state index in [0.717, 1.165) is 11.1 Å². The molecule has 2 aromatic rings. The summed E-state index contributed by atoms with van der Waals surface area (Å²) in [5, 5.41) is 27.3. The number of phenols is 1. The van der Waals surface area contributed by atoms with E-state index in [-0.39, 0.29) is 24.3 Å². The minimum atomic E-state index is -1.15. The van der Waals surface area contributed by atoms with Crippen LogP contribution >= 0.6 is 23.5 Å². The lowest BCUT2D eigenvalue weighted by Crippen LogP contribution is -2.62. The number of carbonyl (C=O) groups is 4. The lowest BCUT2D eigenvalue weighted by molar-refractivity contribution is -0.141. The van der Waals surface area contributed by atoms with Crippen LogP contribution in [0.4, 0.5) is 0 Å². The number of phenolic OH excluding ortho intramolecular Hbond substituents is 1. The number of carboxylic acid groups (broad SMARTS) is 1. The third-order valence-corrected chi connectivity index (χ3v) is 9.20. The summed E-state index contributed by atoms with van der Waals surface area (Å²) in [6.07, 6.45) is 0.326. The van der Waals surface area contributed by atoms with E-state index >= 15 is 0 Å². The molecule has 0 saturated carbocycles. The Labute approximate surface area is 242 Å². The molecule has 1 unspecified atom stereocenters. The second-order valence-corrected chi connectivity index (χ2v) is 13.0. The lowest BCUT2D eigenvalue weighted by atomic mass is 9.98. The van der Waals surface area contributed by atoms with E-state index in [2.05, 4.69) is 16.0 Å². The second kappa shape index (κ2) is 14.4. The molecule has 0 spiro atoms. The van der Waals surface area contributed by atoms with Gasteiger partial charge in [0.25, 0.3) is 0 Å². The first-order valence-corrected chi connectivity index (χ1v) is 15.0. The van der Waals surface area contributed by atoms with Crippen LogP contribution in [0, 0.1) is 0 Å². The maximum atomic E-state index is 13.7. The average molecular weight is 589 g/mol. The number of nitrogens with one attached hydrogen (secondary N) is 3. The SMILES string of the molecule is CC1(C)SCCSCC(C(=O)O)NC(=O)[C@H](Cc2ccccc2)NC(=O)[C@H]1NC(=O)[C@@H](N)Cc1ccc(O)cc1. The van der Waals surface area contributed by atoms with Crippen LogP contribution in [0.2, 0.25) is 0 Å². The van der Waals surface area contributed by atoms with Gasteiger partial charge in [-0.05, 0) is 43.5 Å². The molecule has 1 heterocycles. The van der Waals surface area contributed by atoms with Gasteiger partial charge in [0.1, 0.15) is 23.9 Å². The minimum absolute atomic E-state index is 0.100. The number of aromatic hydroxyl groups is 1. The Balaban J connectivity index is 1.86. The zero-order valence-electron chi connectivity index (χ0n) is 22.5. The number of thioether (sulfide) groups is 2. The van der Waals surface area contributed by atoms with E-state index < -0.39 is 52.6 Å². The summed E-state index contributed by atoms with van der Waals surface area (Å²) in [4.78, 5) is 52.0. The van der Waals surface area contributed by atoms with Gasteiger partial charge in [-0.15, -0.1) is 0 Å². The van der Waals surface area contributed by atoms with E-state index in [0.29, 0.717) is 11.5 Å². The molecule has 4 atom stereocenters. The van der Waals surface area contributed by atoms with Crippen molar-refractivity contribution in [3.05, 3.63) is 65.7 Å². The van der Waals surface area contributed by atoms with Crippen molar-refractivity contribution in [3.63, 3.8) is 0 Å². The highest BCUT2D eigenvalue weighted by molar-refractivity contribution is 8.03. The quantitative estimate of drug-likeness (QED) is 0.279. The topological polar surface area (TPSA) is 171 Å². The summed E-state index contributed by atoms with van der Waals surface area (Å²) in [6.45, 7) is 3.68. The number of hydrogen-bond acceptors (Lipinski definition) is 8. The molecule has 1 saturated heterocycles. The molecule has 0 aliphatic carbocycles. The molecule has 1 aliphatic rings. The van der Waals surface area contributed by atoms with Gasteiger partial charge in [-0.2, -0.15) is 23.5 Å². The molecule has 2 aromatic carbocycles. The molecule has 7 N–H and O–H groups in total. The highest BCUT2D eigenvalue weighted by Gasteiger charge is 2.40. The van der Waals surface area contributed by atoms with Crippen LogP contribution in [-0.4, -0.2) is 80.1 Å². The minimum Gasteiger partial charge on any atom is -0.508 e. The summed E-state index contributed by atoms with van der Waals surface area (Å²) in [7, 11) is 0. The molecule has 0 aromatic heterocycles. The van der Waals surface area contributed by atoms with Gasteiger partial charge in [0.15, 0.2) is 0 Å². The zero-order valence-corrected chi connectivity index (χ0v) is 24.1. The third kappa shape index (κ3) is 9.17. The van der Waals surface area contributed by atoms with Gasteiger partial charge in [0.05, 0.1) is 6.04 Å². The number of hydrogen-bond donors (Lipinski definition) is 6. The fraction of sp³-hybridized carbons (Fsp3) is 0.429. The van der Waals surface area contributed by atoms with Crippen molar-refractivity contribution in [2.24, 2.45) is 5.73 Å². The van der Waals surface area contributed by atoms with E-state index in [4.69, 9.17) is 5.73 Å². The standard InChI is InChI=1S/C28H36N4O6S2/c1-28(2)23(32-24(34)20(29)14-18-8-10-19(33)11-9-18)26(36)30-21(15-17-6-4-3-5-7-17)25(35)31-22(27(37)38)16-39-12-13-40-28/h3-11,20-23,33H,12-16,29H2,1-2H3,(H,30,36)(H,31,35)(H,32,34)(H,37,38)/t20-,21-,22?,23+/m0/s1. The summed E-state index contributed by atoms with van der Waals surface area (Å²) in [5.41, 5.74) is 7.71. The van der Waals surface area contributed by atoms with Gasteiger partial charge in [-0.3, -0.25) is 14.4 Å². The summed E-state index contributed by atoms with van der Waals surface area (Å²) in [6, 6.07) is 11.2. The smallest absolute Gasteiger partial charge is 0.327 e. The van der Waals surface area contributed by atoms with Crippen LogP contribution in [0.3, 0.4) is 0 Å². The zero-order chi connectivity index (χ0) is 29.3. The Morgan fingerprint density at radius 2 is 1.70 bits per heavy atom. The monoisotopic (exact) mass is 588 g/mol. The molecule has 3 rings (SSSR count). The number of aliphatic carboxylic acids is 1. The molecule has 0 radical (unpaired) electrons. The molecule has 12 heteroatoms. The normalized spacial score (nSPS) is 22.8. The molecule has 1 fully saturated rings. The third-order valence-electron chi connectivity index (χ3n) is 6.49. The van der Waals surface area contributed by atoms with E-state index in [9.17, 15) is 29.4 Å². The number of amides is 3. The number of carbonyl (C=O) groups excluding carboxylic acids is 3. The van der Waals surface area contributed by atoms with Gasteiger partial charge in [-0.1, -0.05) is 42.5 Å². The van der Waals surface area contributed by atoms with Crippen molar-refractivity contribution in [2.45, 2.75) is 55.6 Å². The molecular weight excluding hydrogens is 552 g/mol. The fourth-order valence-corrected chi connectivity index (χ4v) is 6.48. The van der Waals surface area contributed by atoms with E-state index in [1.165, 1.54) is 35.7 Å².